The first-order chi connectivity index (χ1) is 6.33. The quantitative estimate of drug-likeness (QED) is 0.703. The highest BCUT2D eigenvalue weighted by molar-refractivity contribution is 5.89. The molecule has 0 spiro atoms. The lowest BCUT2D eigenvalue weighted by Crippen LogP contribution is -1.96. The highest BCUT2D eigenvalue weighted by Crippen LogP contribution is 2.17. The van der Waals surface area contributed by atoms with Gasteiger partial charge in [0, 0.05) is 11.8 Å². The fourth-order valence-corrected chi connectivity index (χ4v) is 1.17. The van der Waals surface area contributed by atoms with E-state index in [1.807, 2.05) is 6.07 Å². The van der Waals surface area contributed by atoms with Crippen molar-refractivity contribution >= 4 is 22.9 Å². The summed E-state index contributed by atoms with van der Waals surface area (Å²) in [7, 11) is 0. The van der Waals surface area contributed by atoms with Crippen LogP contribution < -0.4 is 5.73 Å². The number of aromatic nitrogens is 3. The molecule has 0 atom stereocenters. The fraction of sp³-hybridized carbons (Fsp3) is 0. The molecule has 0 aliphatic carbocycles. The molecule has 0 saturated carbocycles. The molecule has 2 heterocycles. The van der Waals surface area contributed by atoms with Crippen molar-refractivity contribution in [2.45, 2.75) is 0 Å². The molecule has 0 unspecified atom stereocenters. The van der Waals surface area contributed by atoms with Crippen molar-refractivity contribution in [3.8, 4) is 0 Å². The maximum Gasteiger partial charge on any atom is 0.153 e. The van der Waals surface area contributed by atoms with Crippen LogP contribution >= 0.6 is 0 Å². The van der Waals surface area contributed by atoms with Gasteiger partial charge in [-0.3, -0.25) is 4.98 Å². The summed E-state index contributed by atoms with van der Waals surface area (Å²) in [6.07, 6.45) is 4.81. The molecule has 0 bridgehead atoms. The Kier molecular flexibility index (Phi) is 1.66. The van der Waals surface area contributed by atoms with E-state index < -0.39 is 0 Å². The van der Waals surface area contributed by atoms with Crippen molar-refractivity contribution in [3.63, 3.8) is 0 Å². The maximum absolute atomic E-state index is 5.63. The van der Waals surface area contributed by atoms with Gasteiger partial charge in [0.1, 0.15) is 17.4 Å². The minimum Gasteiger partial charge on any atom is -0.382 e. The van der Waals surface area contributed by atoms with E-state index in [1.165, 1.54) is 6.33 Å². The van der Waals surface area contributed by atoms with E-state index in [0.29, 0.717) is 11.3 Å². The number of fused-ring (bicyclic) bond motifs is 1. The molecule has 2 aromatic heterocycles. The van der Waals surface area contributed by atoms with Gasteiger partial charge >= 0.3 is 0 Å². The second-order valence-corrected chi connectivity index (χ2v) is 2.56. The second kappa shape index (κ2) is 2.82. The monoisotopic (exact) mass is 172 g/mol. The lowest BCUT2D eigenvalue weighted by molar-refractivity contribution is 1.20. The number of rotatable bonds is 1. The number of nitrogen functional groups attached to an aromatic ring is 1. The first kappa shape index (κ1) is 7.67. The zero-order valence-electron chi connectivity index (χ0n) is 6.94. The van der Waals surface area contributed by atoms with E-state index in [9.17, 15) is 0 Å². The summed E-state index contributed by atoms with van der Waals surface area (Å²) in [5, 5.41) is 0. The van der Waals surface area contributed by atoms with Gasteiger partial charge in [-0.25, -0.2) is 9.97 Å². The number of hydrogen-bond acceptors (Lipinski definition) is 4. The molecule has 0 fully saturated rings. The van der Waals surface area contributed by atoms with Gasteiger partial charge < -0.3 is 5.73 Å². The second-order valence-electron chi connectivity index (χ2n) is 2.56. The standard InChI is InChI=1S/C9H8N4/c1-2-6-3-4-11-8-7(6)12-5-13-9(8)10/h2-5H,1H2,(H2,10,12,13). The SMILES string of the molecule is C=Cc1ccnc2c(N)ncnc12. The number of nitrogens with two attached hydrogens (primary N) is 1. The van der Waals surface area contributed by atoms with Crippen LogP contribution in [0.15, 0.2) is 25.2 Å². The van der Waals surface area contributed by atoms with Gasteiger partial charge in [-0.15, -0.1) is 0 Å². The summed E-state index contributed by atoms with van der Waals surface area (Å²) < 4.78 is 0. The molecule has 64 valence electrons. The Hall–Kier alpha value is -1.97. The van der Waals surface area contributed by atoms with Crippen molar-refractivity contribution in [2.24, 2.45) is 0 Å². The Morgan fingerprint density at radius 1 is 1.23 bits per heavy atom. The number of anilines is 1. The Labute approximate surface area is 75.2 Å². The summed E-state index contributed by atoms with van der Waals surface area (Å²) >= 11 is 0. The summed E-state index contributed by atoms with van der Waals surface area (Å²) in [5.41, 5.74) is 7.91. The summed E-state index contributed by atoms with van der Waals surface area (Å²) in [6, 6.07) is 1.84. The molecule has 0 amide bonds. The molecule has 0 aromatic carbocycles. The average molecular weight is 172 g/mol. The lowest BCUT2D eigenvalue weighted by Gasteiger charge is -2.00. The van der Waals surface area contributed by atoms with Crippen molar-refractivity contribution in [3.05, 3.63) is 30.7 Å². The first-order valence-corrected chi connectivity index (χ1v) is 3.80. The van der Waals surface area contributed by atoms with Crippen LogP contribution in [0.3, 0.4) is 0 Å². The topological polar surface area (TPSA) is 64.7 Å². The minimum atomic E-state index is 0.397. The van der Waals surface area contributed by atoms with E-state index in [2.05, 4.69) is 21.5 Å². The third-order valence-electron chi connectivity index (χ3n) is 1.80. The smallest absolute Gasteiger partial charge is 0.153 e. The highest BCUT2D eigenvalue weighted by atomic mass is 14.9. The maximum atomic E-state index is 5.63. The zero-order valence-corrected chi connectivity index (χ0v) is 6.94. The molecule has 0 aliphatic rings. The van der Waals surface area contributed by atoms with Gasteiger partial charge in [0.2, 0.25) is 0 Å². The van der Waals surface area contributed by atoms with Crippen LogP contribution in [0.1, 0.15) is 5.56 Å². The molecular formula is C9H8N4. The van der Waals surface area contributed by atoms with Crippen molar-refractivity contribution < 1.29 is 0 Å². The summed E-state index contributed by atoms with van der Waals surface area (Å²) in [5.74, 6) is 0.397. The summed E-state index contributed by atoms with van der Waals surface area (Å²) in [6.45, 7) is 3.68. The highest BCUT2D eigenvalue weighted by Gasteiger charge is 2.03. The van der Waals surface area contributed by atoms with Crippen LogP contribution in [0, 0.1) is 0 Å². The van der Waals surface area contributed by atoms with Crippen LogP contribution in [0.5, 0.6) is 0 Å². The molecule has 2 N–H and O–H groups in total. The third kappa shape index (κ3) is 1.12. The van der Waals surface area contributed by atoms with Gasteiger partial charge in [0.15, 0.2) is 5.82 Å². The molecule has 0 aliphatic heterocycles. The van der Waals surface area contributed by atoms with Gasteiger partial charge in [0.25, 0.3) is 0 Å². The molecule has 13 heavy (non-hydrogen) atoms. The van der Waals surface area contributed by atoms with Crippen molar-refractivity contribution in [1.82, 2.24) is 15.0 Å². The van der Waals surface area contributed by atoms with E-state index in [0.717, 1.165) is 11.1 Å². The number of nitrogens with zero attached hydrogens (tertiary/aromatic N) is 3. The van der Waals surface area contributed by atoms with Gasteiger partial charge in [-0.2, -0.15) is 0 Å². The average Bonchev–Trinajstić information content (AvgIpc) is 2.18. The van der Waals surface area contributed by atoms with Crippen LogP contribution in [0.2, 0.25) is 0 Å². The molecular weight excluding hydrogens is 164 g/mol. The Morgan fingerprint density at radius 3 is 2.85 bits per heavy atom. The largest absolute Gasteiger partial charge is 0.382 e. The van der Waals surface area contributed by atoms with Crippen LogP contribution in [0.4, 0.5) is 5.82 Å². The van der Waals surface area contributed by atoms with Crippen LogP contribution in [-0.2, 0) is 0 Å². The first-order valence-electron chi connectivity index (χ1n) is 3.80. The molecule has 4 heteroatoms. The molecule has 2 rings (SSSR count). The van der Waals surface area contributed by atoms with Crippen molar-refractivity contribution in [2.75, 3.05) is 5.73 Å². The minimum absolute atomic E-state index is 0.397. The normalized spacial score (nSPS) is 10.2. The molecule has 2 aromatic rings. The van der Waals surface area contributed by atoms with E-state index >= 15 is 0 Å². The van der Waals surface area contributed by atoms with Gasteiger partial charge in [-0.1, -0.05) is 12.7 Å². The Morgan fingerprint density at radius 2 is 2.08 bits per heavy atom. The summed E-state index contributed by atoms with van der Waals surface area (Å²) in [4.78, 5) is 12.0. The van der Waals surface area contributed by atoms with Gasteiger partial charge in [-0.05, 0) is 6.07 Å². The van der Waals surface area contributed by atoms with Gasteiger partial charge in [0.05, 0.1) is 0 Å². The molecule has 0 radical (unpaired) electrons. The molecule has 0 saturated heterocycles. The van der Waals surface area contributed by atoms with E-state index in [1.54, 1.807) is 12.3 Å². The van der Waals surface area contributed by atoms with Crippen molar-refractivity contribution in [1.29, 1.82) is 0 Å². The van der Waals surface area contributed by atoms with E-state index in [4.69, 9.17) is 5.73 Å². The predicted octanol–water partition coefficient (Wildman–Crippen LogP) is 1.25. The third-order valence-corrected chi connectivity index (χ3v) is 1.80. The van der Waals surface area contributed by atoms with Crippen LogP contribution in [-0.4, -0.2) is 15.0 Å². The number of hydrogen-bond donors (Lipinski definition) is 1. The van der Waals surface area contributed by atoms with E-state index in [-0.39, 0.29) is 0 Å². The fourth-order valence-electron chi connectivity index (χ4n) is 1.17. The Bertz CT molecular complexity index is 464. The Balaban J connectivity index is 2.92. The lowest BCUT2D eigenvalue weighted by atomic mass is 10.2. The molecule has 4 nitrogen and oxygen atoms in total. The predicted molar refractivity (Wildman–Crippen MR) is 51.8 cm³/mol. The van der Waals surface area contributed by atoms with Crippen LogP contribution in [0.25, 0.3) is 17.1 Å². The zero-order chi connectivity index (χ0) is 9.26. The number of pyridine rings is 1.